The molecule has 2 heterocycles. The summed E-state index contributed by atoms with van der Waals surface area (Å²) in [5.41, 5.74) is 3.25. The van der Waals surface area contributed by atoms with Crippen molar-refractivity contribution in [2.45, 2.75) is 12.3 Å². The molecule has 1 fully saturated rings. The fourth-order valence-electron chi connectivity index (χ4n) is 2.03. The van der Waals surface area contributed by atoms with Crippen molar-refractivity contribution in [2.24, 2.45) is 0 Å². The Morgan fingerprint density at radius 1 is 1.13 bits per heavy atom. The van der Waals surface area contributed by atoms with Gasteiger partial charge in [-0.05, 0) is 24.1 Å². The molecule has 1 aliphatic rings. The van der Waals surface area contributed by atoms with Crippen LogP contribution in [0.15, 0.2) is 30.6 Å². The predicted octanol–water partition coefficient (Wildman–Crippen LogP) is 2.13. The minimum absolute atomic E-state index is 0.538. The number of fused-ring (bicyclic) bond motifs is 1. The van der Waals surface area contributed by atoms with E-state index in [0.717, 1.165) is 30.7 Å². The average molecular weight is 200 g/mol. The van der Waals surface area contributed by atoms with Crippen LogP contribution in [0.5, 0.6) is 0 Å². The van der Waals surface area contributed by atoms with Gasteiger partial charge in [0.15, 0.2) is 0 Å². The lowest BCUT2D eigenvalue weighted by Crippen LogP contribution is -1.97. The summed E-state index contributed by atoms with van der Waals surface area (Å²) >= 11 is 0. The first kappa shape index (κ1) is 8.80. The third-order valence-electron chi connectivity index (χ3n) is 2.89. The molecule has 0 saturated carbocycles. The van der Waals surface area contributed by atoms with Gasteiger partial charge in [0, 0.05) is 24.9 Å². The van der Waals surface area contributed by atoms with Crippen molar-refractivity contribution in [1.29, 1.82) is 0 Å². The molecule has 1 aliphatic heterocycles. The standard InChI is InChI=1S/C12H12N2O/c1-2-11-12(14-5-4-13-11)7-9(1)10-3-6-15-8-10/h1-2,4-5,7,10H,3,6,8H2. The summed E-state index contributed by atoms with van der Waals surface area (Å²) in [6.45, 7) is 1.72. The van der Waals surface area contributed by atoms with E-state index in [9.17, 15) is 0 Å². The second kappa shape index (κ2) is 3.59. The topological polar surface area (TPSA) is 35.0 Å². The van der Waals surface area contributed by atoms with E-state index in [2.05, 4.69) is 22.1 Å². The molecule has 0 amide bonds. The van der Waals surface area contributed by atoms with Crippen molar-refractivity contribution in [1.82, 2.24) is 9.97 Å². The summed E-state index contributed by atoms with van der Waals surface area (Å²) in [4.78, 5) is 8.57. The Labute approximate surface area is 88.1 Å². The van der Waals surface area contributed by atoms with Gasteiger partial charge in [0.25, 0.3) is 0 Å². The molecule has 1 unspecified atom stereocenters. The third-order valence-corrected chi connectivity index (χ3v) is 2.89. The highest BCUT2D eigenvalue weighted by Gasteiger charge is 2.17. The molecule has 0 N–H and O–H groups in total. The van der Waals surface area contributed by atoms with E-state index in [0.29, 0.717) is 5.92 Å². The van der Waals surface area contributed by atoms with Crippen molar-refractivity contribution >= 4 is 11.0 Å². The maximum Gasteiger partial charge on any atom is 0.0889 e. The Bertz CT molecular complexity index is 478. The zero-order valence-electron chi connectivity index (χ0n) is 8.39. The SMILES string of the molecule is c1cnc2cc(C3CCOC3)ccc2n1. The lowest BCUT2D eigenvalue weighted by Gasteiger charge is -2.07. The van der Waals surface area contributed by atoms with Crippen LogP contribution in [0.2, 0.25) is 0 Å². The minimum Gasteiger partial charge on any atom is -0.381 e. The average Bonchev–Trinajstić information content (AvgIpc) is 2.82. The molecule has 15 heavy (non-hydrogen) atoms. The molecule has 1 atom stereocenters. The smallest absolute Gasteiger partial charge is 0.0889 e. The number of aromatic nitrogens is 2. The van der Waals surface area contributed by atoms with E-state index >= 15 is 0 Å². The molecule has 0 bridgehead atoms. The summed E-state index contributed by atoms with van der Waals surface area (Å²) in [6.07, 6.45) is 4.57. The Balaban J connectivity index is 2.05. The molecule has 0 spiro atoms. The quantitative estimate of drug-likeness (QED) is 0.707. The van der Waals surface area contributed by atoms with Crippen LogP contribution in [-0.2, 0) is 4.74 Å². The van der Waals surface area contributed by atoms with Gasteiger partial charge in [-0.2, -0.15) is 0 Å². The van der Waals surface area contributed by atoms with Gasteiger partial charge in [0.2, 0.25) is 0 Å². The number of nitrogens with zero attached hydrogens (tertiary/aromatic N) is 2. The first-order valence-corrected chi connectivity index (χ1v) is 5.22. The normalized spacial score (nSPS) is 20.9. The first-order chi connectivity index (χ1) is 7.43. The van der Waals surface area contributed by atoms with E-state index in [4.69, 9.17) is 4.74 Å². The van der Waals surface area contributed by atoms with Crippen LogP contribution in [0.4, 0.5) is 0 Å². The second-order valence-corrected chi connectivity index (χ2v) is 3.87. The molecule has 3 nitrogen and oxygen atoms in total. The zero-order chi connectivity index (χ0) is 10.1. The highest BCUT2D eigenvalue weighted by Crippen LogP contribution is 2.26. The van der Waals surface area contributed by atoms with Gasteiger partial charge in [0.05, 0.1) is 17.6 Å². The van der Waals surface area contributed by atoms with Crippen molar-refractivity contribution in [3.05, 3.63) is 36.2 Å². The molecule has 76 valence electrons. The van der Waals surface area contributed by atoms with Crippen LogP contribution >= 0.6 is 0 Å². The second-order valence-electron chi connectivity index (χ2n) is 3.87. The Morgan fingerprint density at radius 3 is 2.80 bits per heavy atom. The number of rotatable bonds is 1. The molecule has 2 aromatic rings. The minimum atomic E-state index is 0.538. The van der Waals surface area contributed by atoms with Gasteiger partial charge in [-0.15, -0.1) is 0 Å². The number of hydrogen-bond donors (Lipinski definition) is 0. The molecule has 1 aromatic heterocycles. The van der Waals surface area contributed by atoms with Crippen molar-refractivity contribution in [3.63, 3.8) is 0 Å². The maximum atomic E-state index is 5.39. The van der Waals surface area contributed by atoms with Crippen molar-refractivity contribution in [2.75, 3.05) is 13.2 Å². The van der Waals surface area contributed by atoms with Gasteiger partial charge >= 0.3 is 0 Å². The summed E-state index contributed by atoms with van der Waals surface area (Å²) in [5, 5.41) is 0. The Hall–Kier alpha value is -1.48. The molecular formula is C12H12N2O. The van der Waals surface area contributed by atoms with Crippen LogP contribution in [-0.4, -0.2) is 23.2 Å². The monoisotopic (exact) mass is 200 g/mol. The van der Waals surface area contributed by atoms with Crippen LogP contribution in [0.1, 0.15) is 17.9 Å². The maximum absolute atomic E-state index is 5.39. The summed E-state index contributed by atoms with van der Waals surface area (Å²) in [7, 11) is 0. The van der Waals surface area contributed by atoms with E-state index in [1.54, 1.807) is 12.4 Å². The molecule has 0 aliphatic carbocycles. The molecule has 0 radical (unpaired) electrons. The van der Waals surface area contributed by atoms with E-state index in [1.807, 2.05) is 6.07 Å². The summed E-state index contributed by atoms with van der Waals surface area (Å²) < 4.78 is 5.39. The van der Waals surface area contributed by atoms with E-state index in [-0.39, 0.29) is 0 Å². The van der Waals surface area contributed by atoms with Gasteiger partial charge in [-0.25, -0.2) is 0 Å². The zero-order valence-corrected chi connectivity index (χ0v) is 8.39. The lowest BCUT2D eigenvalue weighted by molar-refractivity contribution is 0.194. The largest absolute Gasteiger partial charge is 0.381 e. The van der Waals surface area contributed by atoms with Crippen LogP contribution in [0.3, 0.4) is 0 Å². The number of hydrogen-bond acceptors (Lipinski definition) is 3. The third kappa shape index (κ3) is 1.59. The number of benzene rings is 1. The van der Waals surface area contributed by atoms with Crippen LogP contribution < -0.4 is 0 Å². The summed E-state index contributed by atoms with van der Waals surface area (Å²) in [5.74, 6) is 0.538. The van der Waals surface area contributed by atoms with Gasteiger partial charge in [0.1, 0.15) is 0 Å². The van der Waals surface area contributed by atoms with Crippen molar-refractivity contribution in [3.8, 4) is 0 Å². The fraction of sp³-hybridized carbons (Fsp3) is 0.333. The van der Waals surface area contributed by atoms with Gasteiger partial charge in [-0.3, -0.25) is 9.97 Å². The summed E-state index contributed by atoms with van der Waals surface area (Å²) in [6, 6.07) is 6.30. The predicted molar refractivity (Wildman–Crippen MR) is 57.7 cm³/mol. The highest BCUT2D eigenvalue weighted by atomic mass is 16.5. The van der Waals surface area contributed by atoms with E-state index in [1.165, 1.54) is 5.56 Å². The Kier molecular flexibility index (Phi) is 2.10. The molecule has 3 rings (SSSR count). The van der Waals surface area contributed by atoms with Crippen LogP contribution in [0, 0.1) is 0 Å². The van der Waals surface area contributed by atoms with Gasteiger partial charge in [-0.1, -0.05) is 6.07 Å². The number of ether oxygens (including phenoxy) is 1. The molecule has 3 heteroatoms. The van der Waals surface area contributed by atoms with Gasteiger partial charge < -0.3 is 4.74 Å². The molecule has 1 saturated heterocycles. The molecular weight excluding hydrogens is 188 g/mol. The Morgan fingerprint density at radius 2 is 2.00 bits per heavy atom. The highest BCUT2D eigenvalue weighted by molar-refractivity contribution is 5.74. The van der Waals surface area contributed by atoms with Crippen molar-refractivity contribution < 1.29 is 4.74 Å². The van der Waals surface area contributed by atoms with E-state index < -0.39 is 0 Å². The fourth-order valence-corrected chi connectivity index (χ4v) is 2.03. The first-order valence-electron chi connectivity index (χ1n) is 5.22. The van der Waals surface area contributed by atoms with Crippen LogP contribution in [0.25, 0.3) is 11.0 Å². The lowest BCUT2D eigenvalue weighted by atomic mass is 9.98. The molecule has 1 aromatic carbocycles.